The quantitative estimate of drug-likeness (QED) is 0.0171. The summed E-state index contributed by atoms with van der Waals surface area (Å²) in [6.45, 7) is 32.2. The second-order valence-electron chi connectivity index (χ2n) is 24.7. The lowest BCUT2D eigenvalue weighted by molar-refractivity contribution is 0.212. The van der Waals surface area contributed by atoms with Crippen LogP contribution < -0.4 is 23.7 Å². The van der Waals surface area contributed by atoms with E-state index in [4.69, 9.17) is 28.4 Å². The van der Waals surface area contributed by atoms with Gasteiger partial charge in [0.15, 0.2) is 0 Å². The molecule has 0 aliphatic heterocycles. The van der Waals surface area contributed by atoms with Gasteiger partial charge in [0.2, 0.25) is 9.84 Å². The molecule has 0 spiro atoms. The van der Waals surface area contributed by atoms with Crippen LogP contribution in [0.15, 0.2) is 168 Å². The molecule has 0 aliphatic rings. The molecule has 81 heavy (non-hydrogen) atoms. The molecule has 0 bridgehead atoms. The maximum absolute atomic E-state index is 13.6. The van der Waals surface area contributed by atoms with Crippen LogP contribution in [0.5, 0.6) is 34.5 Å². The minimum absolute atomic E-state index is 0.189. The van der Waals surface area contributed by atoms with Crippen LogP contribution in [0.3, 0.4) is 0 Å². The molecule has 2 unspecified atom stereocenters. The van der Waals surface area contributed by atoms with E-state index in [0.29, 0.717) is 30.6 Å². The van der Waals surface area contributed by atoms with Crippen LogP contribution in [-0.2, 0) is 32.8 Å². The first-order valence-corrected chi connectivity index (χ1v) is 38.4. The van der Waals surface area contributed by atoms with Gasteiger partial charge in [0.25, 0.3) is 0 Å². The van der Waals surface area contributed by atoms with Crippen molar-refractivity contribution in [3.8, 4) is 34.5 Å². The van der Waals surface area contributed by atoms with Crippen molar-refractivity contribution in [2.24, 2.45) is 0 Å². The number of hydrogen-bond acceptors (Lipinski definition) is 8. The number of allylic oxidation sites excluding steroid dienone is 2. The lowest BCUT2D eigenvalue weighted by Crippen LogP contribution is -2.20. The fourth-order valence-electron chi connectivity index (χ4n) is 9.94. The Balaban J connectivity index is 1.26. The summed E-state index contributed by atoms with van der Waals surface area (Å²) in [7, 11) is -4.45. The maximum atomic E-state index is 13.6. The molecule has 0 heterocycles. The molecule has 6 aromatic rings. The molecule has 0 aromatic heterocycles. The first-order valence-electron chi connectivity index (χ1n) is 29.5. The molecular weight excluding hydrogens is 1060 g/mol. The van der Waals surface area contributed by atoms with Crippen molar-refractivity contribution in [2.75, 3.05) is 33.5 Å². The Kier molecular flexibility index (Phi) is 24.0. The van der Waals surface area contributed by atoms with Crippen molar-refractivity contribution in [1.82, 2.24) is 0 Å². The number of ether oxygens (including phenoxy) is 6. The number of rotatable bonds is 34. The zero-order valence-electron chi connectivity index (χ0n) is 51.0. The number of sulfone groups is 1. The predicted molar refractivity (Wildman–Crippen MR) is 342 cm³/mol. The molecule has 6 aromatic carbocycles. The highest BCUT2D eigenvalue weighted by atomic mass is 32.2. The van der Waals surface area contributed by atoms with Gasteiger partial charge in [-0.1, -0.05) is 134 Å². The highest BCUT2D eigenvalue weighted by Gasteiger charge is 2.27. The van der Waals surface area contributed by atoms with Gasteiger partial charge in [-0.15, -0.1) is 0 Å². The van der Waals surface area contributed by atoms with E-state index in [1.165, 1.54) is 39.9 Å². The van der Waals surface area contributed by atoms with Gasteiger partial charge in [0, 0.05) is 21.6 Å². The highest BCUT2D eigenvalue weighted by molar-refractivity contribution is 7.91. The van der Waals surface area contributed by atoms with Crippen LogP contribution in [-0.4, -0.2) is 58.1 Å². The Morgan fingerprint density at radius 1 is 0.556 bits per heavy atom. The molecule has 8 nitrogen and oxygen atoms in total. The van der Waals surface area contributed by atoms with Crippen molar-refractivity contribution in [3.05, 3.63) is 191 Å². The third-order valence-corrected chi connectivity index (χ3v) is 20.8. The van der Waals surface area contributed by atoms with Crippen molar-refractivity contribution >= 4 is 26.0 Å². The highest BCUT2D eigenvalue weighted by Crippen LogP contribution is 2.40. The summed E-state index contributed by atoms with van der Waals surface area (Å²) in [6, 6.07) is 46.3. The number of unbranched alkanes of at least 4 members (excludes halogenated alkanes) is 2. The van der Waals surface area contributed by atoms with E-state index >= 15 is 0 Å². The SMILES string of the molecule is C=C/C(=C\C)OCCCCCOc1ccc(C(C)(C)c2ccc(Oc3ccc(S(=O)(=O)c4ccc(OC)cc4)cc3)c(CCC(C)c3cccc(OCCC[Si](C)(C)C)c3)c2)cc1CCC(C)c1cccc(OCCC[Si](C)(C)C)c1. The average Bonchev–Trinajstić information content (AvgIpc) is 3.52. The summed E-state index contributed by atoms with van der Waals surface area (Å²) in [4.78, 5) is 0.388. The largest absolute Gasteiger partial charge is 0.497 e. The van der Waals surface area contributed by atoms with Gasteiger partial charge >= 0.3 is 0 Å². The van der Waals surface area contributed by atoms with E-state index < -0.39 is 31.4 Å². The van der Waals surface area contributed by atoms with Crippen LogP contribution in [0.2, 0.25) is 51.4 Å². The van der Waals surface area contributed by atoms with Crippen molar-refractivity contribution in [3.63, 3.8) is 0 Å². The lowest BCUT2D eigenvalue weighted by atomic mass is 9.76. The standard InChI is InChI=1S/C70H94O8SSi2/c1-14-61(15-2)74-43-17-16-18-44-77-68-41-31-59(49-57(68)29-27-53(3)55-23-19-25-64(51-55)75-45-21-47-80(8,9)10)70(5,6)60-32-42-69(78-63-35-39-67(40-36-63)79(71,72)66-37-33-62(73-7)34-38-66)58(50-60)30-28-54(4)56-24-20-26-65(52-56)76-46-22-48-81(11,12)13/h14-15,19-20,23-26,31-42,49-54H,1,16-18,21-22,27-30,43-48H2,2-13H3/b61-15+. The molecular formula is C70H94O8SSi2. The molecule has 0 amide bonds. The molecule has 0 fully saturated rings. The van der Waals surface area contributed by atoms with Crippen molar-refractivity contribution in [1.29, 1.82) is 0 Å². The van der Waals surface area contributed by atoms with Crippen molar-refractivity contribution < 1.29 is 36.8 Å². The second kappa shape index (κ2) is 30.3. The van der Waals surface area contributed by atoms with Crippen LogP contribution in [0, 0.1) is 0 Å². The number of methoxy groups -OCH3 is 1. The zero-order valence-corrected chi connectivity index (χ0v) is 53.8. The Morgan fingerprint density at radius 2 is 1.02 bits per heavy atom. The van der Waals surface area contributed by atoms with Crippen LogP contribution in [0.4, 0.5) is 0 Å². The summed E-state index contributed by atoms with van der Waals surface area (Å²) < 4.78 is 64.3. The molecule has 0 radical (unpaired) electrons. The van der Waals surface area contributed by atoms with E-state index in [0.717, 1.165) is 105 Å². The maximum Gasteiger partial charge on any atom is 0.206 e. The molecule has 0 saturated heterocycles. The molecule has 0 saturated carbocycles. The Bertz CT molecular complexity index is 3060. The van der Waals surface area contributed by atoms with Gasteiger partial charge in [0.1, 0.15) is 40.3 Å². The van der Waals surface area contributed by atoms with Gasteiger partial charge in [0.05, 0.1) is 43.3 Å². The zero-order chi connectivity index (χ0) is 58.6. The molecule has 0 N–H and O–H groups in total. The predicted octanol–water partition coefficient (Wildman–Crippen LogP) is 19.0. The van der Waals surface area contributed by atoms with Crippen LogP contribution >= 0.6 is 0 Å². The van der Waals surface area contributed by atoms with E-state index in [1.54, 1.807) is 61.7 Å². The molecule has 2 atom stereocenters. The van der Waals surface area contributed by atoms with Gasteiger partial charge in [-0.2, -0.15) is 0 Å². The lowest BCUT2D eigenvalue weighted by Gasteiger charge is -2.29. The topological polar surface area (TPSA) is 89.5 Å². The molecule has 11 heteroatoms. The van der Waals surface area contributed by atoms with Gasteiger partial charge < -0.3 is 28.4 Å². The van der Waals surface area contributed by atoms with E-state index in [9.17, 15) is 8.42 Å². The average molecular weight is 1150 g/mol. The van der Waals surface area contributed by atoms with Gasteiger partial charge in [-0.25, -0.2) is 8.42 Å². The minimum Gasteiger partial charge on any atom is -0.497 e. The normalized spacial score (nSPS) is 13.1. The van der Waals surface area contributed by atoms with Crippen LogP contribution in [0.1, 0.15) is 125 Å². The van der Waals surface area contributed by atoms with E-state index in [-0.39, 0.29) is 15.7 Å². The Hall–Kier alpha value is -6.02. The number of hydrogen-bond donors (Lipinski definition) is 0. The van der Waals surface area contributed by atoms with Gasteiger partial charge in [-0.3, -0.25) is 0 Å². The van der Waals surface area contributed by atoms with Crippen LogP contribution in [0.25, 0.3) is 0 Å². The molecule has 6 rings (SSSR count). The number of benzene rings is 6. The molecule has 0 aliphatic carbocycles. The summed E-state index contributed by atoms with van der Waals surface area (Å²) in [5.74, 6) is 6.04. The summed E-state index contributed by atoms with van der Waals surface area (Å²) in [5, 5.41) is 0. The summed E-state index contributed by atoms with van der Waals surface area (Å²) in [6.07, 6.45) is 12.1. The molecule has 436 valence electrons. The first kappa shape index (κ1) is 64.2. The van der Waals surface area contributed by atoms with Crippen molar-refractivity contribution in [2.45, 2.75) is 171 Å². The van der Waals surface area contributed by atoms with Gasteiger partial charge in [-0.05, 0) is 207 Å². The van der Waals surface area contributed by atoms with E-state index in [1.807, 2.05) is 13.0 Å². The Morgan fingerprint density at radius 3 is 1.51 bits per heavy atom. The summed E-state index contributed by atoms with van der Waals surface area (Å²) in [5.41, 5.74) is 6.78. The third-order valence-electron chi connectivity index (χ3n) is 15.3. The second-order valence-corrected chi connectivity index (χ2v) is 37.9. The first-order chi connectivity index (χ1) is 38.6. The van der Waals surface area contributed by atoms with E-state index in [2.05, 4.69) is 158 Å². The Labute approximate surface area is 490 Å². The third kappa shape index (κ3) is 20.1. The number of aryl methyl sites for hydroxylation is 2. The fraction of sp³-hybridized carbons (Fsp3) is 0.429. The smallest absolute Gasteiger partial charge is 0.206 e. The fourth-order valence-corrected chi connectivity index (χ4v) is 13.6. The summed E-state index contributed by atoms with van der Waals surface area (Å²) >= 11 is 0. The monoisotopic (exact) mass is 1150 g/mol. The minimum atomic E-state index is -3.76.